The van der Waals surface area contributed by atoms with Crippen LogP contribution in [0.4, 0.5) is 13.2 Å². The molecule has 3 nitrogen and oxygen atoms in total. The van der Waals surface area contributed by atoms with Crippen LogP contribution in [0.25, 0.3) is 0 Å². The van der Waals surface area contributed by atoms with Gasteiger partial charge in [0.1, 0.15) is 11.9 Å². The van der Waals surface area contributed by atoms with E-state index >= 15 is 0 Å². The highest BCUT2D eigenvalue weighted by Crippen LogP contribution is 2.31. The number of alkyl halides is 3. The molecule has 2 aromatic rings. The zero-order valence-electron chi connectivity index (χ0n) is 12.7. The highest BCUT2D eigenvalue weighted by molar-refractivity contribution is 5.30. The Labute approximate surface area is 133 Å². The van der Waals surface area contributed by atoms with Crippen molar-refractivity contribution < 1.29 is 23.4 Å². The molecular weight excluding hydrogens is 307 g/mol. The number of rotatable bonds is 6. The molecule has 126 valence electrons. The first-order valence-corrected chi connectivity index (χ1v) is 7.04. The molecule has 0 saturated heterocycles. The summed E-state index contributed by atoms with van der Waals surface area (Å²) in [6.07, 6.45) is -3.81. The van der Waals surface area contributed by atoms with Crippen molar-refractivity contribution in [1.82, 2.24) is 5.32 Å². The van der Waals surface area contributed by atoms with Gasteiger partial charge in [0.05, 0.1) is 5.56 Å². The van der Waals surface area contributed by atoms with Gasteiger partial charge in [-0.2, -0.15) is 13.2 Å². The van der Waals surface area contributed by atoms with E-state index in [0.717, 1.165) is 30.7 Å². The van der Waals surface area contributed by atoms with Crippen molar-refractivity contribution in [3.63, 3.8) is 0 Å². The smallest absolute Gasteiger partial charge is 0.416 e. The Kier molecular flexibility index (Phi) is 7.06. The average Bonchev–Trinajstić information content (AvgIpc) is 2.52. The zero-order valence-corrected chi connectivity index (χ0v) is 12.7. The minimum Gasteiger partial charge on any atom is -0.486 e. The van der Waals surface area contributed by atoms with Crippen LogP contribution in [0.3, 0.4) is 0 Å². The lowest BCUT2D eigenvalue weighted by Crippen LogP contribution is -2.16. The topological polar surface area (TPSA) is 52.8 Å². The lowest BCUT2D eigenvalue weighted by Gasteiger charge is -2.20. The second-order valence-corrected chi connectivity index (χ2v) is 4.93. The Morgan fingerprint density at radius 2 is 1.61 bits per heavy atom. The third-order valence-electron chi connectivity index (χ3n) is 3.29. The second kappa shape index (κ2) is 8.55. The maximum absolute atomic E-state index is 12.6. The first-order chi connectivity index (χ1) is 10.5. The van der Waals surface area contributed by atoms with Crippen LogP contribution in [-0.2, 0) is 6.18 Å². The number of hydrogen-bond acceptors (Lipinski definition) is 2. The molecule has 0 fully saturated rings. The molecule has 23 heavy (non-hydrogen) atoms. The van der Waals surface area contributed by atoms with Crippen molar-refractivity contribution in [2.75, 3.05) is 13.6 Å². The van der Waals surface area contributed by atoms with E-state index in [9.17, 15) is 13.2 Å². The van der Waals surface area contributed by atoms with Gasteiger partial charge in [0.15, 0.2) is 0 Å². The summed E-state index contributed by atoms with van der Waals surface area (Å²) in [4.78, 5) is 0. The Morgan fingerprint density at radius 1 is 1.00 bits per heavy atom. The number of benzene rings is 2. The monoisotopic (exact) mass is 327 g/mol. The third-order valence-corrected chi connectivity index (χ3v) is 3.29. The Morgan fingerprint density at radius 3 is 2.13 bits per heavy atom. The van der Waals surface area contributed by atoms with Crippen LogP contribution in [0.1, 0.15) is 23.7 Å². The molecule has 0 aliphatic carbocycles. The summed E-state index contributed by atoms with van der Waals surface area (Å²) in [7, 11) is 1.85. The second-order valence-electron chi connectivity index (χ2n) is 4.93. The first-order valence-electron chi connectivity index (χ1n) is 7.04. The van der Waals surface area contributed by atoms with E-state index < -0.39 is 11.7 Å². The minimum atomic E-state index is -4.33. The fourth-order valence-electron chi connectivity index (χ4n) is 2.12. The summed E-state index contributed by atoms with van der Waals surface area (Å²) in [6, 6.07) is 14.4. The fraction of sp³-hybridized carbons (Fsp3) is 0.294. The first kappa shape index (κ1) is 19.0. The lowest BCUT2D eigenvalue weighted by molar-refractivity contribution is -0.137. The summed E-state index contributed by atoms with van der Waals surface area (Å²) < 4.78 is 43.6. The third kappa shape index (κ3) is 5.58. The molecule has 2 aromatic carbocycles. The SMILES string of the molecule is CNCCC(Oc1ccc(C(F)(F)F)cc1)c1ccccc1.O. The van der Waals surface area contributed by atoms with Gasteiger partial charge in [0, 0.05) is 6.42 Å². The molecule has 3 N–H and O–H groups in total. The van der Waals surface area contributed by atoms with Crippen LogP contribution in [0.5, 0.6) is 5.75 Å². The van der Waals surface area contributed by atoms with Gasteiger partial charge in [-0.05, 0) is 43.4 Å². The molecule has 0 aliphatic rings. The van der Waals surface area contributed by atoms with Crippen molar-refractivity contribution in [2.24, 2.45) is 0 Å². The van der Waals surface area contributed by atoms with Crippen LogP contribution < -0.4 is 10.1 Å². The molecule has 6 heteroatoms. The quantitative estimate of drug-likeness (QED) is 0.881. The molecule has 1 atom stereocenters. The highest BCUT2D eigenvalue weighted by atomic mass is 19.4. The average molecular weight is 327 g/mol. The van der Waals surface area contributed by atoms with Gasteiger partial charge in [0.25, 0.3) is 0 Å². The summed E-state index contributed by atoms with van der Waals surface area (Å²) in [5.74, 6) is 0.429. The number of ether oxygens (including phenoxy) is 1. The molecule has 1 unspecified atom stereocenters. The summed E-state index contributed by atoms with van der Waals surface area (Å²) in [5, 5.41) is 3.05. The summed E-state index contributed by atoms with van der Waals surface area (Å²) in [5.41, 5.74) is 0.323. The molecule has 0 bridgehead atoms. The number of halogens is 3. The molecule has 0 spiro atoms. The molecule has 2 rings (SSSR count). The minimum absolute atomic E-state index is 0. The normalized spacial score (nSPS) is 12.3. The molecule has 0 aliphatic heterocycles. The Hall–Kier alpha value is -2.05. The van der Waals surface area contributed by atoms with E-state index in [1.54, 1.807) is 0 Å². The van der Waals surface area contributed by atoms with Gasteiger partial charge in [-0.15, -0.1) is 0 Å². The van der Waals surface area contributed by atoms with E-state index in [1.807, 2.05) is 37.4 Å². The van der Waals surface area contributed by atoms with Crippen molar-refractivity contribution in [3.8, 4) is 5.75 Å². The predicted octanol–water partition coefficient (Wildman–Crippen LogP) is 3.61. The van der Waals surface area contributed by atoms with Crippen molar-refractivity contribution in [1.29, 1.82) is 0 Å². The van der Waals surface area contributed by atoms with Gasteiger partial charge in [-0.25, -0.2) is 0 Å². The van der Waals surface area contributed by atoms with Gasteiger partial charge in [-0.1, -0.05) is 30.3 Å². The number of hydrogen-bond donors (Lipinski definition) is 1. The maximum atomic E-state index is 12.6. The van der Waals surface area contributed by atoms with Gasteiger partial charge >= 0.3 is 6.18 Å². The Balaban J connectivity index is 0.00000264. The fourth-order valence-corrected chi connectivity index (χ4v) is 2.12. The molecule has 0 saturated carbocycles. The molecule has 0 heterocycles. The molecule has 0 aromatic heterocycles. The van der Waals surface area contributed by atoms with E-state index in [-0.39, 0.29) is 11.6 Å². The lowest BCUT2D eigenvalue weighted by atomic mass is 10.1. The molecular formula is C17H20F3NO2. The van der Waals surface area contributed by atoms with Gasteiger partial charge in [-0.3, -0.25) is 0 Å². The van der Waals surface area contributed by atoms with Crippen LogP contribution >= 0.6 is 0 Å². The van der Waals surface area contributed by atoms with E-state index in [0.29, 0.717) is 5.75 Å². The Bertz CT molecular complexity index is 571. The van der Waals surface area contributed by atoms with Crippen LogP contribution in [0.15, 0.2) is 54.6 Å². The number of nitrogens with one attached hydrogen (secondary N) is 1. The molecule has 0 radical (unpaired) electrons. The van der Waals surface area contributed by atoms with Crippen LogP contribution in [0.2, 0.25) is 0 Å². The van der Waals surface area contributed by atoms with Gasteiger partial charge in [0.2, 0.25) is 0 Å². The predicted molar refractivity (Wildman–Crippen MR) is 83.4 cm³/mol. The van der Waals surface area contributed by atoms with Crippen molar-refractivity contribution in [2.45, 2.75) is 18.7 Å². The van der Waals surface area contributed by atoms with Crippen LogP contribution in [0, 0.1) is 0 Å². The molecule has 0 amide bonds. The van der Waals surface area contributed by atoms with E-state index in [1.165, 1.54) is 12.1 Å². The largest absolute Gasteiger partial charge is 0.486 e. The van der Waals surface area contributed by atoms with Crippen molar-refractivity contribution in [3.05, 3.63) is 65.7 Å². The zero-order chi connectivity index (χ0) is 16.0. The van der Waals surface area contributed by atoms with E-state index in [4.69, 9.17) is 4.74 Å². The maximum Gasteiger partial charge on any atom is 0.416 e. The standard InChI is InChI=1S/C17H18F3NO.H2O/c1-21-12-11-16(13-5-3-2-4-6-13)22-15-9-7-14(8-10-15)17(18,19)20;/h2-10,16,21H,11-12H2,1H3;1H2. The van der Waals surface area contributed by atoms with Crippen molar-refractivity contribution >= 4 is 0 Å². The van der Waals surface area contributed by atoms with Crippen LogP contribution in [-0.4, -0.2) is 19.1 Å². The summed E-state index contributed by atoms with van der Waals surface area (Å²) >= 11 is 0. The van der Waals surface area contributed by atoms with E-state index in [2.05, 4.69) is 5.32 Å². The highest BCUT2D eigenvalue weighted by Gasteiger charge is 2.30. The van der Waals surface area contributed by atoms with Gasteiger partial charge < -0.3 is 15.5 Å². The summed E-state index contributed by atoms with van der Waals surface area (Å²) in [6.45, 7) is 0.750.